The van der Waals surface area contributed by atoms with E-state index < -0.39 is 97.5 Å². The third-order valence-electron chi connectivity index (χ3n) is 16.9. The Balaban J connectivity index is 5.02. The molecule has 0 heterocycles. The smallest absolute Gasteiger partial charge is 0.462 e. The summed E-state index contributed by atoms with van der Waals surface area (Å²) >= 11 is 0. The molecule has 90 heavy (non-hydrogen) atoms. The molecule has 0 amide bonds. The van der Waals surface area contributed by atoms with Crippen molar-refractivity contribution in [2.45, 2.75) is 387 Å². The van der Waals surface area contributed by atoms with Crippen LogP contribution in [0.1, 0.15) is 369 Å². The zero-order chi connectivity index (χ0) is 66.3. The van der Waals surface area contributed by atoms with Crippen LogP contribution in [0.15, 0.2) is 0 Å². The Morgan fingerprint density at radius 3 is 0.789 bits per heavy atom. The second-order valence-corrected chi connectivity index (χ2v) is 28.8. The summed E-state index contributed by atoms with van der Waals surface area (Å²) in [5.74, 6) is -1.27. The van der Waals surface area contributed by atoms with Crippen molar-refractivity contribution >= 4 is 39.5 Å². The molecule has 3 unspecified atom stereocenters. The van der Waals surface area contributed by atoms with Crippen molar-refractivity contribution in [3.05, 3.63) is 0 Å². The number of carbonyl (C=O) groups is 4. The fourth-order valence-corrected chi connectivity index (χ4v) is 12.4. The number of phosphoric ester groups is 2. The maximum Gasteiger partial charge on any atom is 0.472 e. The maximum atomic E-state index is 13.0. The fourth-order valence-electron chi connectivity index (χ4n) is 10.8. The number of esters is 4. The van der Waals surface area contributed by atoms with Gasteiger partial charge in [0.1, 0.15) is 19.3 Å². The molecule has 19 heteroatoms. The Kier molecular flexibility index (Phi) is 63.0. The lowest BCUT2D eigenvalue weighted by Crippen LogP contribution is -2.30. The molecule has 17 nitrogen and oxygen atoms in total. The highest BCUT2D eigenvalue weighted by Crippen LogP contribution is 2.45. The number of aliphatic hydroxyl groups excluding tert-OH is 1. The first-order chi connectivity index (χ1) is 43.6. The van der Waals surface area contributed by atoms with Crippen molar-refractivity contribution < 1.29 is 80.2 Å². The number of rotatable bonds is 71. The van der Waals surface area contributed by atoms with Gasteiger partial charge in [-0.3, -0.25) is 37.3 Å². The number of hydrogen-bond donors (Lipinski definition) is 3. The van der Waals surface area contributed by atoms with Crippen molar-refractivity contribution in [3.8, 4) is 0 Å². The van der Waals surface area contributed by atoms with Crippen molar-refractivity contribution in [2.75, 3.05) is 39.6 Å². The van der Waals surface area contributed by atoms with E-state index in [0.29, 0.717) is 25.7 Å². The fraction of sp³-hybridized carbons (Fsp3) is 0.944. The predicted molar refractivity (Wildman–Crippen MR) is 363 cm³/mol. The molecule has 0 aliphatic rings. The van der Waals surface area contributed by atoms with Crippen molar-refractivity contribution in [1.29, 1.82) is 0 Å². The van der Waals surface area contributed by atoms with Crippen LogP contribution < -0.4 is 0 Å². The SMILES string of the molecule is CCCCCCCCCCCCCCCCCCCCC(=O)OC[C@H](COP(=O)(O)OC[C@@H](O)COP(=O)(O)OC[C@@H](COC(=O)CCCCCCC)OC(=O)CCCCCCC)OC(=O)CCCCCCCCCCCCCCCCCCCCC(C)CC. The van der Waals surface area contributed by atoms with E-state index in [0.717, 1.165) is 102 Å². The maximum absolute atomic E-state index is 13.0. The van der Waals surface area contributed by atoms with E-state index in [4.69, 9.17) is 37.0 Å². The average molecular weight is 1330 g/mol. The molecule has 0 rings (SSSR count). The minimum Gasteiger partial charge on any atom is -0.462 e. The van der Waals surface area contributed by atoms with E-state index in [9.17, 15) is 43.2 Å². The average Bonchev–Trinajstić information content (AvgIpc) is 3.65. The summed E-state index contributed by atoms with van der Waals surface area (Å²) in [6.45, 7) is 7.13. The highest BCUT2D eigenvalue weighted by atomic mass is 31.2. The number of aliphatic hydroxyl groups is 1. The molecule has 0 aliphatic heterocycles. The van der Waals surface area contributed by atoms with Crippen molar-refractivity contribution in [3.63, 3.8) is 0 Å². The summed E-state index contributed by atoms with van der Waals surface area (Å²) in [6.07, 6.45) is 52.4. The Labute approximate surface area is 549 Å². The molecule has 0 spiro atoms. The van der Waals surface area contributed by atoms with Crippen LogP contribution in [-0.2, 0) is 65.4 Å². The molecule has 6 atom stereocenters. The Morgan fingerprint density at radius 2 is 0.533 bits per heavy atom. The lowest BCUT2D eigenvalue weighted by atomic mass is 9.99. The number of phosphoric acid groups is 2. The molecule has 534 valence electrons. The van der Waals surface area contributed by atoms with E-state index >= 15 is 0 Å². The Hall–Kier alpha value is -1.94. The van der Waals surface area contributed by atoms with E-state index in [1.165, 1.54) is 186 Å². The highest BCUT2D eigenvalue weighted by molar-refractivity contribution is 7.47. The highest BCUT2D eigenvalue weighted by Gasteiger charge is 2.30. The summed E-state index contributed by atoms with van der Waals surface area (Å²) in [4.78, 5) is 71.9. The molecule has 0 saturated carbocycles. The van der Waals surface area contributed by atoms with Gasteiger partial charge in [0.25, 0.3) is 0 Å². The van der Waals surface area contributed by atoms with E-state index in [2.05, 4.69) is 34.6 Å². The zero-order valence-corrected chi connectivity index (χ0v) is 60.1. The van der Waals surface area contributed by atoms with Crippen LogP contribution in [0, 0.1) is 5.92 Å². The first-order valence-corrected chi connectivity index (χ1v) is 40.2. The monoisotopic (exact) mass is 1320 g/mol. The molecule has 0 aromatic heterocycles. The number of hydrogen-bond acceptors (Lipinski definition) is 15. The molecule has 0 fully saturated rings. The van der Waals surface area contributed by atoms with Crippen molar-refractivity contribution in [1.82, 2.24) is 0 Å². The molecule has 3 N–H and O–H groups in total. The minimum atomic E-state index is -4.95. The predicted octanol–water partition coefficient (Wildman–Crippen LogP) is 20.5. The number of ether oxygens (including phenoxy) is 4. The van der Waals surface area contributed by atoms with Gasteiger partial charge in [0.05, 0.1) is 26.4 Å². The van der Waals surface area contributed by atoms with E-state index in [-0.39, 0.29) is 25.7 Å². The molecular formula is C71H138O17P2. The van der Waals surface area contributed by atoms with Gasteiger partial charge < -0.3 is 33.8 Å². The van der Waals surface area contributed by atoms with Gasteiger partial charge in [-0.2, -0.15) is 0 Å². The van der Waals surface area contributed by atoms with Crippen LogP contribution >= 0.6 is 15.6 Å². The first-order valence-electron chi connectivity index (χ1n) is 37.2. The van der Waals surface area contributed by atoms with E-state index in [1.54, 1.807) is 0 Å². The second kappa shape index (κ2) is 64.4. The van der Waals surface area contributed by atoms with Gasteiger partial charge >= 0.3 is 39.5 Å². The van der Waals surface area contributed by atoms with Gasteiger partial charge in [0.15, 0.2) is 12.2 Å². The molecule has 0 radical (unpaired) electrons. The van der Waals surface area contributed by atoms with Crippen LogP contribution in [-0.4, -0.2) is 96.7 Å². The Morgan fingerprint density at radius 1 is 0.311 bits per heavy atom. The molecule has 0 aliphatic carbocycles. The topological polar surface area (TPSA) is 237 Å². The summed E-state index contributed by atoms with van der Waals surface area (Å²) in [7, 11) is -9.88. The van der Waals surface area contributed by atoms with Gasteiger partial charge in [0, 0.05) is 25.7 Å². The van der Waals surface area contributed by atoms with Gasteiger partial charge in [-0.1, -0.05) is 317 Å². The quantitative estimate of drug-likeness (QED) is 0.0222. The first kappa shape index (κ1) is 88.1. The number of unbranched alkanes of at least 4 members (excludes halogenated alkanes) is 42. The van der Waals surface area contributed by atoms with Crippen molar-refractivity contribution in [2.24, 2.45) is 5.92 Å². The summed E-state index contributed by atoms with van der Waals surface area (Å²) in [6, 6.07) is 0. The van der Waals surface area contributed by atoms with Gasteiger partial charge in [-0.15, -0.1) is 0 Å². The van der Waals surface area contributed by atoms with Crippen LogP contribution in [0.3, 0.4) is 0 Å². The lowest BCUT2D eigenvalue weighted by Gasteiger charge is -2.21. The number of carbonyl (C=O) groups excluding carboxylic acids is 4. The Bertz CT molecular complexity index is 1740. The molecular weight excluding hydrogens is 1190 g/mol. The molecule has 0 aromatic rings. The largest absolute Gasteiger partial charge is 0.472 e. The van der Waals surface area contributed by atoms with Crippen LogP contribution in [0.25, 0.3) is 0 Å². The third-order valence-corrected chi connectivity index (χ3v) is 18.8. The summed E-state index contributed by atoms with van der Waals surface area (Å²) in [5.41, 5.74) is 0. The van der Waals surface area contributed by atoms with Gasteiger partial charge in [0.2, 0.25) is 0 Å². The molecule has 0 aromatic carbocycles. The molecule has 0 bridgehead atoms. The van der Waals surface area contributed by atoms with Crippen LogP contribution in [0.4, 0.5) is 0 Å². The lowest BCUT2D eigenvalue weighted by molar-refractivity contribution is -0.161. The van der Waals surface area contributed by atoms with E-state index in [1.807, 2.05) is 0 Å². The third kappa shape index (κ3) is 63.5. The summed E-state index contributed by atoms with van der Waals surface area (Å²) in [5, 5.41) is 10.5. The zero-order valence-electron chi connectivity index (χ0n) is 58.3. The minimum absolute atomic E-state index is 0.0991. The van der Waals surface area contributed by atoms with Gasteiger partial charge in [-0.05, 0) is 31.6 Å². The standard InChI is InChI=1S/C71H138O17P2/c1-6-10-13-16-17-18-19-20-21-22-26-29-32-35-38-41-46-50-55-69(74)82-61-67(88-71(76)57-52-47-42-39-36-33-30-27-24-23-25-28-31-34-37-40-45-48-53-64(5)9-4)63-86-90(79,80)84-59-65(72)58-83-89(77,78)85-62-66(87-70(75)56-51-44-15-12-8-3)60-81-68(73)54-49-43-14-11-7-2/h64-67,72H,6-63H2,1-5H3,(H,77,78)(H,79,80)/t64?,65-,66+,67+/m0/s1. The van der Waals surface area contributed by atoms with Gasteiger partial charge in [-0.25, -0.2) is 9.13 Å². The van der Waals surface area contributed by atoms with Crippen LogP contribution in [0.2, 0.25) is 0 Å². The molecule has 0 saturated heterocycles. The normalized spacial score (nSPS) is 14.4. The second-order valence-electron chi connectivity index (χ2n) is 25.9. The summed E-state index contributed by atoms with van der Waals surface area (Å²) < 4.78 is 67.8. The van der Waals surface area contributed by atoms with Crippen LogP contribution in [0.5, 0.6) is 0 Å².